The largest absolute Gasteiger partial charge is 0.370 e. The number of unbranched alkanes of at least 4 members (excludes halogenated alkanes) is 1. The van der Waals surface area contributed by atoms with Crippen molar-refractivity contribution in [2.45, 2.75) is 65.9 Å². The van der Waals surface area contributed by atoms with Crippen molar-refractivity contribution in [3.05, 3.63) is 12.2 Å². The molecule has 1 heterocycles. The summed E-state index contributed by atoms with van der Waals surface area (Å²) in [7, 11) is 0. The first kappa shape index (κ1) is 21.0. The molecule has 1 aliphatic rings. The van der Waals surface area contributed by atoms with Crippen molar-refractivity contribution in [1.82, 2.24) is 4.90 Å². The van der Waals surface area contributed by atoms with Gasteiger partial charge in [0, 0.05) is 25.4 Å². The van der Waals surface area contributed by atoms with E-state index in [0.29, 0.717) is 12.3 Å². The molecule has 138 valence electrons. The Morgan fingerprint density at radius 1 is 1.12 bits per heavy atom. The van der Waals surface area contributed by atoms with Gasteiger partial charge in [0.15, 0.2) is 11.6 Å². The molecule has 0 aliphatic carbocycles. The first-order chi connectivity index (χ1) is 11.4. The van der Waals surface area contributed by atoms with Crippen molar-refractivity contribution < 1.29 is 14.3 Å². The number of carbonyl (C=O) groups is 2. The SMILES string of the molecule is CC(C)/C=C/C(=O)CCCCN1CCC(OCC(=O)C(C)C)CC1. The van der Waals surface area contributed by atoms with Gasteiger partial charge >= 0.3 is 0 Å². The van der Waals surface area contributed by atoms with Crippen LogP contribution in [0.2, 0.25) is 0 Å². The molecular formula is C20H35NO3. The summed E-state index contributed by atoms with van der Waals surface area (Å²) in [5.74, 6) is 0.927. The summed E-state index contributed by atoms with van der Waals surface area (Å²) in [4.78, 5) is 25.7. The summed E-state index contributed by atoms with van der Waals surface area (Å²) in [6.07, 6.45) is 8.61. The van der Waals surface area contributed by atoms with E-state index in [1.54, 1.807) is 6.08 Å². The third-order valence-electron chi connectivity index (χ3n) is 4.45. The molecule has 0 aromatic carbocycles. The number of rotatable bonds is 11. The normalized spacial score (nSPS) is 17.2. The van der Waals surface area contributed by atoms with E-state index in [2.05, 4.69) is 18.7 Å². The molecular weight excluding hydrogens is 302 g/mol. The molecule has 0 aromatic heterocycles. The van der Waals surface area contributed by atoms with Crippen LogP contribution in [0, 0.1) is 11.8 Å². The topological polar surface area (TPSA) is 46.6 Å². The quantitative estimate of drug-likeness (QED) is 0.426. The molecule has 0 aromatic rings. The van der Waals surface area contributed by atoms with Crippen LogP contribution < -0.4 is 0 Å². The molecule has 0 amide bonds. The van der Waals surface area contributed by atoms with Gasteiger partial charge in [0.1, 0.15) is 6.61 Å². The Labute approximate surface area is 147 Å². The predicted octanol–water partition coefficient (Wildman–Crippen LogP) is 3.64. The molecule has 0 bridgehead atoms. The van der Waals surface area contributed by atoms with E-state index in [9.17, 15) is 9.59 Å². The Bertz CT molecular complexity index is 407. The summed E-state index contributed by atoms with van der Waals surface area (Å²) in [5, 5.41) is 0. The molecule has 0 spiro atoms. The average Bonchev–Trinajstić information content (AvgIpc) is 2.55. The number of Topliss-reactive ketones (excluding diaryl/α,β-unsaturated/α-hetero) is 1. The number of ether oxygens (including phenoxy) is 1. The van der Waals surface area contributed by atoms with E-state index >= 15 is 0 Å². The fourth-order valence-corrected chi connectivity index (χ4v) is 2.68. The van der Waals surface area contributed by atoms with E-state index in [0.717, 1.165) is 45.3 Å². The Balaban J connectivity index is 2.08. The number of hydrogen-bond donors (Lipinski definition) is 0. The van der Waals surface area contributed by atoms with E-state index in [1.807, 2.05) is 19.9 Å². The fraction of sp³-hybridized carbons (Fsp3) is 0.800. The second kappa shape index (κ2) is 11.5. The first-order valence-electron chi connectivity index (χ1n) is 9.46. The van der Waals surface area contributed by atoms with Crippen LogP contribution >= 0.6 is 0 Å². The highest BCUT2D eigenvalue weighted by atomic mass is 16.5. The maximum Gasteiger partial charge on any atom is 0.160 e. The Morgan fingerprint density at radius 2 is 1.79 bits per heavy atom. The van der Waals surface area contributed by atoms with Crippen molar-refractivity contribution in [3.63, 3.8) is 0 Å². The average molecular weight is 338 g/mol. The van der Waals surface area contributed by atoms with Gasteiger partial charge in [-0.05, 0) is 44.2 Å². The van der Waals surface area contributed by atoms with Gasteiger partial charge in [-0.25, -0.2) is 0 Å². The minimum atomic E-state index is 0.0585. The molecule has 24 heavy (non-hydrogen) atoms. The minimum absolute atomic E-state index is 0.0585. The van der Waals surface area contributed by atoms with Gasteiger partial charge in [-0.3, -0.25) is 9.59 Å². The van der Waals surface area contributed by atoms with E-state index in [4.69, 9.17) is 4.74 Å². The molecule has 0 radical (unpaired) electrons. The van der Waals surface area contributed by atoms with E-state index in [-0.39, 0.29) is 30.2 Å². The minimum Gasteiger partial charge on any atom is -0.370 e. The molecule has 4 nitrogen and oxygen atoms in total. The van der Waals surface area contributed by atoms with Gasteiger partial charge in [-0.1, -0.05) is 33.8 Å². The lowest BCUT2D eigenvalue weighted by Gasteiger charge is -2.31. The molecule has 1 fully saturated rings. The Hall–Kier alpha value is -1.00. The number of allylic oxidation sites excluding steroid dienone is 2. The van der Waals surface area contributed by atoms with Gasteiger partial charge in [-0.15, -0.1) is 0 Å². The van der Waals surface area contributed by atoms with Crippen molar-refractivity contribution in [3.8, 4) is 0 Å². The third kappa shape index (κ3) is 9.33. The summed E-state index contributed by atoms with van der Waals surface area (Å²) in [5.41, 5.74) is 0. The van der Waals surface area contributed by atoms with Crippen LogP contribution in [0.5, 0.6) is 0 Å². The molecule has 0 unspecified atom stereocenters. The lowest BCUT2D eigenvalue weighted by molar-refractivity contribution is -0.129. The second-order valence-electron chi connectivity index (χ2n) is 7.50. The zero-order valence-electron chi connectivity index (χ0n) is 15.9. The molecule has 0 atom stereocenters. The van der Waals surface area contributed by atoms with Crippen LogP contribution in [0.4, 0.5) is 0 Å². The summed E-state index contributed by atoms with van der Waals surface area (Å²) in [6.45, 7) is 11.4. The van der Waals surface area contributed by atoms with Crippen LogP contribution in [-0.4, -0.2) is 48.8 Å². The number of piperidine rings is 1. The molecule has 1 saturated heterocycles. The van der Waals surface area contributed by atoms with E-state index < -0.39 is 0 Å². The lowest BCUT2D eigenvalue weighted by Crippen LogP contribution is -2.38. The molecule has 0 saturated carbocycles. The van der Waals surface area contributed by atoms with Gasteiger partial charge in [0.2, 0.25) is 0 Å². The lowest BCUT2D eigenvalue weighted by atomic mass is 10.1. The number of carbonyl (C=O) groups excluding carboxylic acids is 2. The smallest absolute Gasteiger partial charge is 0.160 e. The Morgan fingerprint density at radius 3 is 2.38 bits per heavy atom. The van der Waals surface area contributed by atoms with Crippen LogP contribution in [0.15, 0.2) is 12.2 Å². The summed E-state index contributed by atoms with van der Waals surface area (Å²) < 4.78 is 5.73. The van der Waals surface area contributed by atoms with Crippen molar-refractivity contribution in [1.29, 1.82) is 0 Å². The fourth-order valence-electron chi connectivity index (χ4n) is 2.68. The van der Waals surface area contributed by atoms with Crippen molar-refractivity contribution in [2.24, 2.45) is 11.8 Å². The number of nitrogens with zero attached hydrogens (tertiary/aromatic N) is 1. The molecule has 1 aliphatic heterocycles. The Kier molecular flexibility index (Phi) is 10.1. The predicted molar refractivity (Wildman–Crippen MR) is 98.1 cm³/mol. The number of ketones is 2. The van der Waals surface area contributed by atoms with Crippen LogP contribution in [0.3, 0.4) is 0 Å². The van der Waals surface area contributed by atoms with Crippen LogP contribution in [0.1, 0.15) is 59.8 Å². The number of hydrogen-bond acceptors (Lipinski definition) is 4. The third-order valence-corrected chi connectivity index (χ3v) is 4.45. The maximum absolute atomic E-state index is 11.7. The van der Waals surface area contributed by atoms with Crippen molar-refractivity contribution in [2.75, 3.05) is 26.2 Å². The summed E-state index contributed by atoms with van der Waals surface area (Å²) in [6, 6.07) is 0. The van der Waals surface area contributed by atoms with Crippen molar-refractivity contribution >= 4 is 11.6 Å². The zero-order chi connectivity index (χ0) is 17.9. The highest BCUT2D eigenvalue weighted by molar-refractivity contribution is 5.89. The summed E-state index contributed by atoms with van der Waals surface area (Å²) >= 11 is 0. The number of likely N-dealkylation sites (tertiary alicyclic amines) is 1. The van der Waals surface area contributed by atoms with E-state index in [1.165, 1.54) is 0 Å². The maximum atomic E-state index is 11.7. The highest BCUT2D eigenvalue weighted by Crippen LogP contribution is 2.15. The molecule has 4 heteroatoms. The molecule has 1 rings (SSSR count). The van der Waals surface area contributed by atoms with Gasteiger partial charge in [0.25, 0.3) is 0 Å². The van der Waals surface area contributed by atoms with Crippen LogP contribution in [0.25, 0.3) is 0 Å². The van der Waals surface area contributed by atoms with Gasteiger partial charge in [-0.2, -0.15) is 0 Å². The van der Waals surface area contributed by atoms with Gasteiger partial charge < -0.3 is 9.64 Å². The monoisotopic (exact) mass is 337 g/mol. The van der Waals surface area contributed by atoms with Gasteiger partial charge in [0.05, 0.1) is 6.10 Å². The standard InChI is InChI=1S/C20H35NO3/c1-16(2)8-9-18(22)7-5-6-12-21-13-10-19(11-14-21)24-15-20(23)17(3)4/h8-9,16-17,19H,5-7,10-15H2,1-4H3/b9-8+. The zero-order valence-corrected chi connectivity index (χ0v) is 15.9. The first-order valence-corrected chi connectivity index (χ1v) is 9.46. The van der Waals surface area contributed by atoms with Crippen LogP contribution in [-0.2, 0) is 14.3 Å². The molecule has 0 N–H and O–H groups in total. The highest BCUT2D eigenvalue weighted by Gasteiger charge is 2.20. The second-order valence-corrected chi connectivity index (χ2v) is 7.50.